The molecule has 0 aliphatic heterocycles. The van der Waals surface area contributed by atoms with E-state index in [1.807, 2.05) is 41.1 Å². The molecule has 1 aromatic carbocycles. The molecule has 0 radical (unpaired) electrons. The summed E-state index contributed by atoms with van der Waals surface area (Å²) in [6, 6.07) is 9.69. The molecule has 0 saturated carbocycles. The first kappa shape index (κ1) is 16.3. The number of nitrogens with zero attached hydrogens (tertiary/aromatic N) is 2. The molecular formula is C18H17ClN2O3. The third-order valence-corrected chi connectivity index (χ3v) is 4.14. The zero-order valence-electron chi connectivity index (χ0n) is 13.5. The Morgan fingerprint density at radius 3 is 2.67 bits per heavy atom. The van der Waals surface area contributed by atoms with Crippen LogP contribution in [0, 0.1) is 0 Å². The highest BCUT2D eigenvalue weighted by Crippen LogP contribution is 2.27. The van der Waals surface area contributed by atoms with Gasteiger partial charge in [0.1, 0.15) is 11.4 Å². The van der Waals surface area contributed by atoms with Crippen molar-refractivity contribution in [3.05, 3.63) is 58.9 Å². The molecule has 2 aromatic heterocycles. The Kier molecular flexibility index (Phi) is 4.71. The van der Waals surface area contributed by atoms with Gasteiger partial charge >= 0.3 is 5.97 Å². The van der Waals surface area contributed by atoms with E-state index in [0.29, 0.717) is 18.2 Å². The highest BCUT2D eigenvalue weighted by molar-refractivity contribution is 6.38. The predicted octanol–water partition coefficient (Wildman–Crippen LogP) is 3.92. The van der Waals surface area contributed by atoms with Crippen LogP contribution in [0.5, 0.6) is 5.75 Å². The standard InChI is InChI=1S/C18H17ClN2O3/c1-3-24-18(22)15-10-20-17-14(16(15)19)8-9-21(17)11-12-4-6-13(23-2)7-5-12/h4-10H,3,11H2,1-2H3. The number of halogens is 1. The lowest BCUT2D eigenvalue weighted by Gasteiger charge is -2.08. The molecular weight excluding hydrogens is 328 g/mol. The normalized spacial score (nSPS) is 10.8. The molecule has 3 aromatic rings. The fraction of sp³-hybridized carbons (Fsp3) is 0.222. The Morgan fingerprint density at radius 2 is 2.00 bits per heavy atom. The van der Waals surface area contributed by atoms with Crippen LogP contribution < -0.4 is 4.74 Å². The van der Waals surface area contributed by atoms with Crippen LogP contribution in [0.15, 0.2) is 42.7 Å². The van der Waals surface area contributed by atoms with Crippen molar-refractivity contribution in [3.63, 3.8) is 0 Å². The van der Waals surface area contributed by atoms with E-state index < -0.39 is 5.97 Å². The van der Waals surface area contributed by atoms with Crippen LogP contribution >= 0.6 is 11.6 Å². The van der Waals surface area contributed by atoms with Crippen molar-refractivity contribution in [2.24, 2.45) is 0 Å². The largest absolute Gasteiger partial charge is 0.497 e. The van der Waals surface area contributed by atoms with Crippen LogP contribution in [0.2, 0.25) is 5.02 Å². The summed E-state index contributed by atoms with van der Waals surface area (Å²) in [5.74, 6) is 0.358. The summed E-state index contributed by atoms with van der Waals surface area (Å²) in [5.41, 5.74) is 2.12. The molecule has 0 unspecified atom stereocenters. The number of aromatic nitrogens is 2. The first-order valence-corrected chi connectivity index (χ1v) is 7.95. The Bertz CT molecular complexity index is 872. The zero-order chi connectivity index (χ0) is 17.1. The molecule has 0 saturated heterocycles. The van der Waals surface area contributed by atoms with E-state index in [-0.39, 0.29) is 5.56 Å². The number of hydrogen-bond acceptors (Lipinski definition) is 4. The molecule has 124 valence electrons. The lowest BCUT2D eigenvalue weighted by atomic mass is 10.2. The second-order valence-electron chi connectivity index (χ2n) is 5.24. The number of ether oxygens (including phenoxy) is 2. The van der Waals surface area contributed by atoms with Crippen LogP contribution in [0.3, 0.4) is 0 Å². The number of benzene rings is 1. The van der Waals surface area contributed by atoms with E-state index in [4.69, 9.17) is 21.1 Å². The maximum absolute atomic E-state index is 11.9. The highest BCUT2D eigenvalue weighted by atomic mass is 35.5. The molecule has 24 heavy (non-hydrogen) atoms. The molecule has 0 aliphatic rings. The van der Waals surface area contributed by atoms with E-state index in [2.05, 4.69) is 4.98 Å². The van der Waals surface area contributed by atoms with Crippen molar-refractivity contribution in [2.75, 3.05) is 13.7 Å². The second-order valence-corrected chi connectivity index (χ2v) is 5.61. The van der Waals surface area contributed by atoms with E-state index >= 15 is 0 Å². The van der Waals surface area contributed by atoms with Gasteiger partial charge in [0.05, 0.1) is 24.3 Å². The van der Waals surface area contributed by atoms with Crippen molar-refractivity contribution >= 4 is 28.6 Å². The topological polar surface area (TPSA) is 53.3 Å². The molecule has 0 N–H and O–H groups in total. The average molecular weight is 345 g/mol. The first-order chi connectivity index (χ1) is 11.6. The lowest BCUT2D eigenvalue weighted by Crippen LogP contribution is -2.07. The third-order valence-electron chi connectivity index (χ3n) is 3.73. The Morgan fingerprint density at radius 1 is 1.25 bits per heavy atom. The summed E-state index contributed by atoms with van der Waals surface area (Å²) >= 11 is 6.36. The minimum Gasteiger partial charge on any atom is -0.497 e. The van der Waals surface area contributed by atoms with Crippen LogP contribution in [-0.2, 0) is 11.3 Å². The summed E-state index contributed by atoms with van der Waals surface area (Å²) in [6.07, 6.45) is 3.37. The van der Waals surface area contributed by atoms with E-state index in [0.717, 1.165) is 22.3 Å². The lowest BCUT2D eigenvalue weighted by molar-refractivity contribution is 0.0526. The minimum atomic E-state index is -0.459. The monoisotopic (exact) mass is 344 g/mol. The molecule has 3 rings (SSSR count). The van der Waals surface area contributed by atoms with Crippen molar-refractivity contribution in [1.29, 1.82) is 0 Å². The average Bonchev–Trinajstić information content (AvgIpc) is 3.00. The number of esters is 1. The number of hydrogen-bond donors (Lipinski definition) is 0. The van der Waals surface area contributed by atoms with Gasteiger partial charge in [0.15, 0.2) is 0 Å². The van der Waals surface area contributed by atoms with Gasteiger partial charge in [-0.15, -0.1) is 0 Å². The van der Waals surface area contributed by atoms with Crippen LogP contribution in [0.25, 0.3) is 11.0 Å². The van der Waals surface area contributed by atoms with E-state index in [1.165, 1.54) is 6.20 Å². The van der Waals surface area contributed by atoms with Crippen molar-refractivity contribution < 1.29 is 14.3 Å². The molecule has 0 amide bonds. The van der Waals surface area contributed by atoms with Gasteiger partial charge in [0.2, 0.25) is 0 Å². The highest BCUT2D eigenvalue weighted by Gasteiger charge is 2.17. The van der Waals surface area contributed by atoms with Crippen LogP contribution in [-0.4, -0.2) is 29.2 Å². The van der Waals surface area contributed by atoms with Crippen LogP contribution in [0.4, 0.5) is 0 Å². The number of methoxy groups -OCH3 is 1. The van der Waals surface area contributed by atoms with Gasteiger partial charge in [-0.2, -0.15) is 0 Å². The molecule has 0 atom stereocenters. The quantitative estimate of drug-likeness (QED) is 0.658. The maximum Gasteiger partial charge on any atom is 0.341 e. The Hall–Kier alpha value is -2.53. The summed E-state index contributed by atoms with van der Waals surface area (Å²) in [4.78, 5) is 16.3. The summed E-state index contributed by atoms with van der Waals surface area (Å²) in [6.45, 7) is 2.70. The predicted molar refractivity (Wildman–Crippen MR) is 92.8 cm³/mol. The Labute approximate surface area is 144 Å². The molecule has 0 aliphatic carbocycles. The molecule has 2 heterocycles. The second kappa shape index (κ2) is 6.93. The number of carbonyl (C=O) groups is 1. The molecule has 5 nitrogen and oxygen atoms in total. The van der Waals surface area contributed by atoms with Gasteiger partial charge in [-0.3, -0.25) is 0 Å². The molecule has 6 heteroatoms. The van der Waals surface area contributed by atoms with E-state index in [9.17, 15) is 4.79 Å². The van der Waals surface area contributed by atoms with Crippen LogP contribution in [0.1, 0.15) is 22.8 Å². The van der Waals surface area contributed by atoms with Gasteiger partial charge in [0.25, 0.3) is 0 Å². The van der Waals surface area contributed by atoms with Crippen molar-refractivity contribution in [2.45, 2.75) is 13.5 Å². The molecule has 0 spiro atoms. The fourth-order valence-electron chi connectivity index (χ4n) is 2.51. The zero-order valence-corrected chi connectivity index (χ0v) is 14.2. The fourth-order valence-corrected chi connectivity index (χ4v) is 2.79. The van der Waals surface area contributed by atoms with Crippen molar-refractivity contribution in [1.82, 2.24) is 9.55 Å². The number of pyridine rings is 1. The van der Waals surface area contributed by atoms with Gasteiger partial charge in [-0.1, -0.05) is 23.7 Å². The minimum absolute atomic E-state index is 0.285. The van der Waals surface area contributed by atoms with Gasteiger partial charge in [-0.05, 0) is 30.7 Å². The maximum atomic E-state index is 11.9. The smallest absolute Gasteiger partial charge is 0.341 e. The van der Waals surface area contributed by atoms with Gasteiger partial charge in [-0.25, -0.2) is 9.78 Å². The molecule has 0 bridgehead atoms. The number of fused-ring (bicyclic) bond motifs is 1. The van der Waals surface area contributed by atoms with E-state index in [1.54, 1.807) is 14.0 Å². The molecule has 0 fully saturated rings. The van der Waals surface area contributed by atoms with Gasteiger partial charge < -0.3 is 14.0 Å². The third kappa shape index (κ3) is 3.08. The SMILES string of the molecule is CCOC(=O)c1cnc2c(ccn2Cc2ccc(OC)cc2)c1Cl. The number of rotatable bonds is 5. The van der Waals surface area contributed by atoms with Gasteiger partial charge in [0, 0.05) is 24.3 Å². The first-order valence-electron chi connectivity index (χ1n) is 7.57. The van der Waals surface area contributed by atoms with Crippen molar-refractivity contribution in [3.8, 4) is 5.75 Å². The summed E-state index contributed by atoms with van der Waals surface area (Å²) in [7, 11) is 1.64. The summed E-state index contributed by atoms with van der Waals surface area (Å²) in [5, 5.41) is 1.10. The number of carbonyl (C=O) groups excluding carboxylic acids is 1. The summed E-state index contributed by atoms with van der Waals surface area (Å²) < 4.78 is 12.1. The Balaban J connectivity index is 1.92.